The van der Waals surface area contributed by atoms with E-state index < -0.39 is 0 Å². The molecular weight excluding hydrogens is 289 g/mol. The molecule has 0 saturated heterocycles. The van der Waals surface area contributed by atoms with Crippen LogP contribution in [0.15, 0.2) is 66.7 Å². The van der Waals surface area contributed by atoms with Crippen LogP contribution in [-0.4, -0.2) is 12.5 Å². The predicted molar refractivity (Wildman–Crippen MR) is 89.6 cm³/mol. The first-order valence-corrected chi connectivity index (χ1v) is 7.24. The van der Waals surface area contributed by atoms with Gasteiger partial charge in [0.15, 0.2) is 0 Å². The Labute approximate surface area is 134 Å². The lowest BCUT2D eigenvalue weighted by Crippen LogP contribution is -2.23. The lowest BCUT2D eigenvalue weighted by Gasteiger charge is -2.03. The molecule has 0 heterocycles. The number of fused-ring (bicyclic) bond motifs is 1. The van der Waals surface area contributed by atoms with Crippen LogP contribution in [0.3, 0.4) is 0 Å². The summed E-state index contributed by atoms with van der Waals surface area (Å²) in [6.07, 6.45) is 0. The van der Waals surface area contributed by atoms with E-state index in [0.717, 1.165) is 10.8 Å². The largest absolute Gasteiger partial charge is 0.341 e. The molecule has 0 unspecified atom stereocenters. The summed E-state index contributed by atoms with van der Waals surface area (Å²) in [6.45, 7) is 0.239. The van der Waals surface area contributed by atoms with E-state index in [-0.39, 0.29) is 18.3 Å². The molecule has 3 aromatic carbocycles. The Bertz CT molecular complexity index is 904. The fourth-order valence-electron chi connectivity index (χ4n) is 2.24. The number of nitrogens with one attached hydrogen (secondary N) is 1. The summed E-state index contributed by atoms with van der Waals surface area (Å²) in [4.78, 5) is 12.1. The number of carbonyl (C=O) groups excluding carboxylic acids is 1. The minimum atomic E-state index is -0.292. The fraction of sp³-hybridized carbons (Fsp3) is 0.0500. The number of carbonyl (C=O) groups is 1. The summed E-state index contributed by atoms with van der Waals surface area (Å²) in [6, 6.07) is 19.4. The Morgan fingerprint density at radius 2 is 1.70 bits per heavy atom. The average Bonchev–Trinajstić information content (AvgIpc) is 2.59. The fourth-order valence-corrected chi connectivity index (χ4v) is 2.24. The molecule has 23 heavy (non-hydrogen) atoms. The van der Waals surface area contributed by atoms with Crippen LogP contribution in [0.1, 0.15) is 15.9 Å². The van der Waals surface area contributed by atoms with E-state index >= 15 is 0 Å². The number of benzene rings is 3. The summed E-state index contributed by atoms with van der Waals surface area (Å²) in [5.74, 6) is 5.28. The van der Waals surface area contributed by atoms with Crippen LogP contribution in [0.25, 0.3) is 10.8 Å². The highest BCUT2D eigenvalue weighted by Gasteiger charge is 2.04. The quantitative estimate of drug-likeness (QED) is 0.718. The number of halogens is 1. The molecule has 3 aromatic rings. The number of rotatable bonds is 2. The Morgan fingerprint density at radius 3 is 2.48 bits per heavy atom. The second kappa shape index (κ2) is 6.76. The van der Waals surface area contributed by atoms with Crippen molar-refractivity contribution in [2.45, 2.75) is 0 Å². The van der Waals surface area contributed by atoms with Crippen LogP contribution in [0.4, 0.5) is 4.39 Å². The molecule has 1 amide bonds. The van der Waals surface area contributed by atoms with Crippen molar-refractivity contribution in [2.24, 2.45) is 0 Å². The second-order valence-electron chi connectivity index (χ2n) is 5.05. The van der Waals surface area contributed by atoms with Gasteiger partial charge in [0, 0.05) is 11.1 Å². The summed E-state index contributed by atoms with van der Waals surface area (Å²) in [7, 11) is 0. The molecule has 0 aliphatic rings. The van der Waals surface area contributed by atoms with Gasteiger partial charge < -0.3 is 5.32 Å². The summed E-state index contributed by atoms with van der Waals surface area (Å²) >= 11 is 0. The lowest BCUT2D eigenvalue weighted by atomic mass is 10.1. The molecule has 112 valence electrons. The van der Waals surface area contributed by atoms with Gasteiger partial charge in [-0.3, -0.25) is 4.79 Å². The first-order chi connectivity index (χ1) is 11.2. The normalized spacial score (nSPS) is 9.96. The van der Waals surface area contributed by atoms with Gasteiger partial charge in [-0.15, -0.1) is 0 Å². The maximum Gasteiger partial charge on any atom is 0.252 e. The molecular formula is C20H14FNO. The summed E-state index contributed by atoms with van der Waals surface area (Å²) < 4.78 is 12.8. The van der Waals surface area contributed by atoms with Crippen LogP contribution >= 0.6 is 0 Å². The van der Waals surface area contributed by atoms with Gasteiger partial charge in [0.2, 0.25) is 0 Å². The highest BCUT2D eigenvalue weighted by Crippen LogP contribution is 2.15. The molecule has 0 fully saturated rings. The molecule has 0 atom stereocenters. The van der Waals surface area contributed by atoms with Crippen molar-refractivity contribution in [3.8, 4) is 11.8 Å². The Morgan fingerprint density at radius 1 is 0.957 bits per heavy atom. The van der Waals surface area contributed by atoms with Crippen LogP contribution in [-0.2, 0) is 0 Å². The first kappa shape index (κ1) is 14.8. The molecule has 0 aromatic heterocycles. The van der Waals surface area contributed by atoms with Gasteiger partial charge in [-0.25, -0.2) is 4.39 Å². The van der Waals surface area contributed by atoms with Gasteiger partial charge in [0.1, 0.15) is 5.82 Å². The highest BCUT2D eigenvalue weighted by atomic mass is 19.1. The van der Waals surface area contributed by atoms with Gasteiger partial charge in [0.25, 0.3) is 5.91 Å². The third-order valence-electron chi connectivity index (χ3n) is 3.43. The van der Waals surface area contributed by atoms with Gasteiger partial charge in [0.05, 0.1) is 6.54 Å². The minimum Gasteiger partial charge on any atom is -0.341 e. The molecule has 1 N–H and O–H groups in total. The van der Waals surface area contributed by atoms with Gasteiger partial charge >= 0.3 is 0 Å². The van der Waals surface area contributed by atoms with Gasteiger partial charge in [-0.1, -0.05) is 42.2 Å². The number of hydrogen-bond donors (Lipinski definition) is 1. The monoisotopic (exact) mass is 303 g/mol. The van der Waals surface area contributed by atoms with Crippen molar-refractivity contribution in [1.29, 1.82) is 0 Å². The van der Waals surface area contributed by atoms with E-state index in [0.29, 0.717) is 11.1 Å². The predicted octanol–water partition coefficient (Wildman–Crippen LogP) is 3.76. The van der Waals surface area contributed by atoms with Crippen molar-refractivity contribution in [3.63, 3.8) is 0 Å². The van der Waals surface area contributed by atoms with Crippen LogP contribution in [0.2, 0.25) is 0 Å². The average molecular weight is 303 g/mol. The zero-order valence-corrected chi connectivity index (χ0v) is 12.3. The first-order valence-electron chi connectivity index (χ1n) is 7.24. The van der Waals surface area contributed by atoms with Gasteiger partial charge in [-0.2, -0.15) is 0 Å². The third kappa shape index (κ3) is 3.75. The Hall–Kier alpha value is -3.12. The van der Waals surface area contributed by atoms with Crippen molar-refractivity contribution in [2.75, 3.05) is 6.54 Å². The maximum atomic E-state index is 12.8. The molecule has 3 rings (SSSR count). The highest BCUT2D eigenvalue weighted by molar-refractivity contribution is 5.98. The molecule has 0 aliphatic carbocycles. The SMILES string of the molecule is O=C(NCC#Cc1ccc(F)cc1)c1ccc2ccccc2c1. The molecule has 0 radical (unpaired) electrons. The lowest BCUT2D eigenvalue weighted by molar-refractivity contribution is 0.0959. The maximum absolute atomic E-state index is 12.8. The van der Waals surface area contributed by atoms with Crippen LogP contribution in [0.5, 0.6) is 0 Å². The van der Waals surface area contributed by atoms with Crippen LogP contribution in [0, 0.1) is 17.7 Å². The van der Waals surface area contributed by atoms with Crippen molar-refractivity contribution in [3.05, 3.63) is 83.7 Å². The molecule has 0 saturated carbocycles. The summed E-state index contributed by atoms with van der Waals surface area (Å²) in [5, 5.41) is 4.88. The smallest absolute Gasteiger partial charge is 0.252 e. The zero-order valence-electron chi connectivity index (χ0n) is 12.3. The van der Waals surface area contributed by atoms with Crippen molar-refractivity contribution in [1.82, 2.24) is 5.32 Å². The molecule has 0 bridgehead atoms. The zero-order chi connectivity index (χ0) is 16.1. The second-order valence-corrected chi connectivity index (χ2v) is 5.05. The van der Waals surface area contributed by atoms with Crippen LogP contribution < -0.4 is 5.32 Å². The standard InChI is InChI=1S/C20H14FNO/c21-19-11-7-15(8-12-19)4-3-13-22-20(23)18-10-9-16-5-1-2-6-17(16)14-18/h1-2,5-12,14H,13H2,(H,22,23). The van der Waals surface area contributed by atoms with E-state index in [1.165, 1.54) is 12.1 Å². The summed E-state index contributed by atoms with van der Waals surface area (Å²) in [5.41, 5.74) is 1.32. The molecule has 2 nitrogen and oxygen atoms in total. The van der Waals surface area contributed by atoms with Crippen molar-refractivity contribution < 1.29 is 9.18 Å². The number of amides is 1. The van der Waals surface area contributed by atoms with E-state index in [4.69, 9.17) is 0 Å². The minimum absolute atomic E-state index is 0.163. The Balaban J connectivity index is 1.63. The molecule has 0 spiro atoms. The van der Waals surface area contributed by atoms with E-state index in [1.54, 1.807) is 18.2 Å². The van der Waals surface area contributed by atoms with E-state index in [1.807, 2.05) is 36.4 Å². The Kier molecular flexibility index (Phi) is 4.35. The van der Waals surface area contributed by atoms with E-state index in [2.05, 4.69) is 17.2 Å². The third-order valence-corrected chi connectivity index (χ3v) is 3.43. The topological polar surface area (TPSA) is 29.1 Å². The van der Waals surface area contributed by atoms with Crippen molar-refractivity contribution >= 4 is 16.7 Å². The molecule has 3 heteroatoms. The van der Waals surface area contributed by atoms with Gasteiger partial charge in [-0.05, 0) is 47.2 Å². The molecule has 0 aliphatic heterocycles. The van der Waals surface area contributed by atoms with E-state index in [9.17, 15) is 9.18 Å². The number of hydrogen-bond acceptors (Lipinski definition) is 1.